The molecule has 1 aliphatic rings. The molecule has 0 aromatic heterocycles. The first-order chi connectivity index (χ1) is 12.5. The Morgan fingerprint density at radius 3 is 2.58 bits per heavy atom. The first-order valence-electron chi connectivity index (χ1n) is 9.03. The van der Waals surface area contributed by atoms with Crippen LogP contribution in [-0.2, 0) is 14.9 Å². The molecule has 0 bridgehead atoms. The van der Waals surface area contributed by atoms with Crippen LogP contribution in [0.1, 0.15) is 25.3 Å². The maximum Gasteiger partial charge on any atom is 0.243 e. The third kappa shape index (κ3) is 5.35. The molecule has 1 aromatic rings. The monoisotopic (exact) mass is 380 g/mol. The SMILES string of the molecule is CCNC(=NCC(=O)N(C)C)NCC1(c2ccccc2Cl)CCOCC1. The molecule has 26 heavy (non-hydrogen) atoms. The predicted octanol–water partition coefficient (Wildman–Crippen LogP) is 2.03. The van der Waals surface area contributed by atoms with Gasteiger partial charge in [-0.25, -0.2) is 4.99 Å². The van der Waals surface area contributed by atoms with Crippen molar-refractivity contribution < 1.29 is 9.53 Å². The highest BCUT2D eigenvalue weighted by atomic mass is 35.5. The highest BCUT2D eigenvalue weighted by Gasteiger charge is 2.36. The Morgan fingerprint density at radius 1 is 1.27 bits per heavy atom. The molecule has 2 rings (SSSR count). The van der Waals surface area contributed by atoms with Crippen LogP contribution < -0.4 is 10.6 Å². The smallest absolute Gasteiger partial charge is 0.243 e. The molecule has 1 aromatic carbocycles. The van der Waals surface area contributed by atoms with Gasteiger partial charge in [0.1, 0.15) is 6.54 Å². The summed E-state index contributed by atoms with van der Waals surface area (Å²) in [5.41, 5.74) is 1.02. The van der Waals surface area contributed by atoms with Crippen LogP contribution in [0, 0.1) is 0 Å². The van der Waals surface area contributed by atoms with Crippen molar-refractivity contribution >= 4 is 23.5 Å². The number of nitrogens with one attached hydrogen (secondary N) is 2. The number of likely N-dealkylation sites (N-methyl/N-ethyl adjacent to an activating group) is 1. The van der Waals surface area contributed by atoms with E-state index in [9.17, 15) is 4.79 Å². The molecule has 0 saturated carbocycles. The Hall–Kier alpha value is -1.79. The maximum atomic E-state index is 11.8. The topological polar surface area (TPSA) is 66.0 Å². The molecular formula is C19H29ClN4O2. The maximum absolute atomic E-state index is 11.8. The molecule has 1 aliphatic heterocycles. The number of aliphatic imine (C=N–C) groups is 1. The van der Waals surface area contributed by atoms with Gasteiger partial charge in [0.05, 0.1) is 0 Å². The van der Waals surface area contributed by atoms with Gasteiger partial charge in [0.25, 0.3) is 0 Å². The number of ether oxygens (including phenoxy) is 1. The second-order valence-corrected chi connectivity index (χ2v) is 7.12. The summed E-state index contributed by atoms with van der Waals surface area (Å²) in [4.78, 5) is 17.8. The van der Waals surface area contributed by atoms with Crippen molar-refractivity contribution in [3.8, 4) is 0 Å². The van der Waals surface area contributed by atoms with E-state index >= 15 is 0 Å². The average molecular weight is 381 g/mol. The van der Waals surface area contributed by atoms with Crippen molar-refractivity contribution in [2.75, 3.05) is 46.9 Å². The summed E-state index contributed by atoms with van der Waals surface area (Å²) in [5, 5.41) is 7.39. The lowest BCUT2D eigenvalue weighted by Gasteiger charge is -2.38. The van der Waals surface area contributed by atoms with Crippen LogP contribution >= 0.6 is 11.6 Å². The fourth-order valence-electron chi connectivity index (χ4n) is 3.08. The van der Waals surface area contributed by atoms with Gasteiger partial charge in [-0.05, 0) is 31.4 Å². The number of guanidine groups is 1. The van der Waals surface area contributed by atoms with Gasteiger partial charge in [0.15, 0.2) is 5.96 Å². The zero-order valence-electron chi connectivity index (χ0n) is 15.8. The number of halogens is 1. The van der Waals surface area contributed by atoms with Gasteiger partial charge in [-0.15, -0.1) is 0 Å². The molecule has 1 saturated heterocycles. The lowest BCUT2D eigenvalue weighted by molar-refractivity contribution is -0.127. The minimum Gasteiger partial charge on any atom is -0.381 e. The van der Waals surface area contributed by atoms with E-state index < -0.39 is 0 Å². The van der Waals surface area contributed by atoms with Gasteiger partial charge in [-0.3, -0.25) is 4.79 Å². The molecule has 1 heterocycles. The molecule has 0 radical (unpaired) electrons. The number of amides is 1. The minimum absolute atomic E-state index is 0.0333. The molecule has 1 fully saturated rings. The molecular weight excluding hydrogens is 352 g/mol. The summed E-state index contributed by atoms with van der Waals surface area (Å²) in [7, 11) is 3.46. The van der Waals surface area contributed by atoms with Crippen LogP contribution in [0.25, 0.3) is 0 Å². The summed E-state index contributed by atoms with van der Waals surface area (Å²) >= 11 is 6.50. The van der Waals surface area contributed by atoms with Gasteiger partial charge in [-0.2, -0.15) is 0 Å². The van der Waals surface area contributed by atoms with Crippen molar-refractivity contribution in [1.82, 2.24) is 15.5 Å². The van der Waals surface area contributed by atoms with E-state index in [0.29, 0.717) is 25.7 Å². The Balaban J connectivity index is 2.15. The third-order valence-corrected chi connectivity index (χ3v) is 5.03. The van der Waals surface area contributed by atoms with E-state index in [1.54, 1.807) is 14.1 Å². The summed E-state index contributed by atoms with van der Waals surface area (Å²) in [6, 6.07) is 8.00. The van der Waals surface area contributed by atoms with Gasteiger partial charge >= 0.3 is 0 Å². The molecule has 7 heteroatoms. The van der Waals surface area contributed by atoms with Crippen molar-refractivity contribution in [1.29, 1.82) is 0 Å². The number of benzene rings is 1. The van der Waals surface area contributed by atoms with Crippen LogP contribution in [0.3, 0.4) is 0 Å². The quantitative estimate of drug-likeness (QED) is 0.585. The van der Waals surface area contributed by atoms with E-state index in [4.69, 9.17) is 16.3 Å². The normalized spacial score (nSPS) is 16.8. The standard InChI is InChI=1S/C19H29ClN4O2/c1-4-21-18(22-13-17(25)24(2)3)23-14-19(9-11-26-12-10-19)15-7-5-6-8-16(15)20/h5-8H,4,9-14H2,1-3H3,(H2,21,22,23). The molecule has 6 nitrogen and oxygen atoms in total. The number of carbonyl (C=O) groups is 1. The fraction of sp³-hybridized carbons (Fsp3) is 0.579. The summed E-state index contributed by atoms with van der Waals surface area (Å²) in [6.07, 6.45) is 1.78. The Morgan fingerprint density at radius 2 is 1.96 bits per heavy atom. The number of hydrogen-bond acceptors (Lipinski definition) is 3. The summed E-state index contributed by atoms with van der Waals surface area (Å²) in [5.74, 6) is 0.606. The largest absolute Gasteiger partial charge is 0.381 e. The van der Waals surface area contributed by atoms with Crippen LogP contribution in [-0.4, -0.2) is 63.7 Å². The summed E-state index contributed by atoms with van der Waals surface area (Å²) in [6.45, 7) is 4.94. The van der Waals surface area contributed by atoms with Crippen molar-refractivity contribution in [3.05, 3.63) is 34.9 Å². The Bertz CT molecular complexity index is 628. The van der Waals surface area contributed by atoms with Gasteiger partial charge in [0.2, 0.25) is 5.91 Å². The molecule has 0 atom stereocenters. The third-order valence-electron chi connectivity index (χ3n) is 4.70. The van der Waals surface area contributed by atoms with Gasteiger partial charge in [0, 0.05) is 50.8 Å². The molecule has 0 spiro atoms. The van der Waals surface area contributed by atoms with E-state index in [1.807, 2.05) is 25.1 Å². The predicted molar refractivity (Wildman–Crippen MR) is 106 cm³/mol. The van der Waals surface area contributed by atoms with Crippen LogP contribution in [0.15, 0.2) is 29.3 Å². The van der Waals surface area contributed by atoms with Gasteiger partial charge < -0.3 is 20.3 Å². The van der Waals surface area contributed by atoms with E-state index in [-0.39, 0.29) is 17.9 Å². The molecule has 0 unspecified atom stereocenters. The zero-order chi connectivity index (χ0) is 19.0. The average Bonchev–Trinajstić information content (AvgIpc) is 2.64. The lowest BCUT2D eigenvalue weighted by atomic mass is 9.74. The second-order valence-electron chi connectivity index (χ2n) is 6.71. The fourth-order valence-corrected chi connectivity index (χ4v) is 3.41. The first kappa shape index (κ1) is 20.5. The minimum atomic E-state index is -0.113. The number of hydrogen-bond donors (Lipinski definition) is 2. The highest BCUT2D eigenvalue weighted by Crippen LogP contribution is 2.38. The van der Waals surface area contributed by atoms with Gasteiger partial charge in [-0.1, -0.05) is 29.8 Å². The molecule has 2 N–H and O–H groups in total. The second kappa shape index (κ2) is 9.78. The number of nitrogens with zero attached hydrogens (tertiary/aromatic N) is 2. The first-order valence-corrected chi connectivity index (χ1v) is 9.41. The lowest BCUT2D eigenvalue weighted by Crippen LogP contribution is -2.48. The van der Waals surface area contributed by atoms with Crippen molar-refractivity contribution in [2.45, 2.75) is 25.2 Å². The number of rotatable bonds is 6. The van der Waals surface area contributed by atoms with Crippen molar-refractivity contribution in [3.63, 3.8) is 0 Å². The Kier molecular flexibility index (Phi) is 7.72. The summed E-state index contributed by atoms with van der Waals surface area (Å²) < 4.78 is 5.58. The van der Waals surface area contributed by atoms with Crippen LogP contribution in [0.5, 0.6) is 0 Å². The van der Waals surface area contributed by atoms with Crippen LogP contribution in [0.4, 0.5) is 0 Å². The molecule has 1 amide bonds. The van der Waals surface area contributed by atoms with E-state index in [1.165, 1.54) is 4.90 Å². The van der Waals surface area contributed by atoms with Crippen molar-refractivity contribution in [2.24, 2.45) is 4.99 Å². The molecule has 144 valence electrons. The van der Waals surface area contributed by atoms with E-state index in [0.717, 1.165) is 30.0 Å². The highest BCUT2D eigenvalue weighted by molar-refractivity contribution is 6.31. The Labute approximate surface area is 161 Å². The molecule has 0 aliphatic carbocycles. The van der Waals surface area contributed by atoms with E-state index in [2.05, 4.69) is 21.7 Å². The zero-order valence-corrected chi connectivity index (χ0v) is 16.6. The number of carbonyl (C=O) groups excluding carboxylic acids is 1. The van der Waals surface area contributed by atoms with Crippen LogP contribution in [0.2, 0.25) is 5.02 Å².